The largest absolute Gasteiger partial charge is 0.340 e. The lowest BCUT2D eigenvalue weighted by molar-refractivity contribution is -0.130. The molecule has 0 spiro atoms. The van der Waals surface area contributed by atoms with Gasteiger partial charge in [-0.05, 0) is 24.5 Å². The fraction of sp³-hybridized carbons (Fsp3) is 0.533. The number of hydrogen-bond acceptors (Lipinski definition) is 4. The van der Waals surface area contributed by atoms with Gasteiger partial charge in [0.15, 0.2) is 0 Å². The Morgan fingerprint density at radius 3 is 2.68 bits per heavy atom. The third-order valence-electron chi connectivity index (χ3n) is 4.16. The standard InChI is InChI=1S/C15H20N2O3S2/c1-22(19,20)17-8-4-7-16(9-10-17)15(18)14-11-12-5-2-3-6-13(12)21-14/h2-3,5-6,14H,4,7-11H2,1H3/t14-/m0/s1. The van der Waals surface area contributed by atoms with E-state index in [2.05, 4.69) is 12.1 Å². The van der Waals surface area contributed by atoms with Crippen molar-refractivity contribution in [2.24, 2.45) is 0 Å². The van der Waals surface area contributed by atoms with E-state index in [-0.39, 0.29) is 11.2 Å². The summed E-state index contributed by atoms with van der Waals surface area (Å²) in [6, 6.07) is 8.13. The topological polar surface area (TPSA) is 57.7 Å². The van der Waals surface area contributed by atoms with Crippen LogP contribution in [0.5, 0.6) is 0 Å². The van der Waals surface area contributed by atoms with Crippen molar-refractivity contribution in [3.8, 4) is 0 Å². The average Bonchev–Trinajstić information content (AvgIpc) is 2.73. The minimum Gasteiger partial charge on any atom is -0.340 e. The smallest absolute Gasteiger partial charge is 0.236 e. The molecule has 1 aromatic carbocycles. The van der Waals surface area contributed by atoms with Crippen LogP contribution in [0.3, 0.4) is 0 Å². The molecular formula is C15H20N2O3S2. The summed E-state index contributed by atoms with van der Waals surface area (Å²) in [4.78, 5) is 15.7. The molecule has 2 heterocycles. The van der Waals surface area contributed by atoms with E-state index < -0.39 is 10.0 Å². The maximum atomic E-state index is 12.7. The Morgan fingerprint density at radius 1 is 1.18 bits per heavy atom. The molecule has 0 saturated carbocycles. The Morgan fingerprint density at radius 2 is 1.95 bits per heavy atom. The van der Waals surface area contributed by atoms with Crippen LogP contribution in [-0.2, 0) is 21.2 Å². The predicted octanol–water partition coefficient (Wildman–Crippen LogP) is 1.20. The van der Waals surface area contributed by atoms with Crippen molar-refractivity contribution < 1.29 is 13.2 Å². The van der Waals surface area contributed by atoms with E-state index >= 15 is 0 Å². The molecule has 0 aromatic heterocycles. The molecule has 7 heteroatoms. The second-order valence-corrected chi connectivity index (χ2v) is 8.99. The maximum Gasteiger partial charge on any atom is 0.236 e. The molecule has 0 aliphatic carbocycles. The maximum absolute atomic E-state index is 12.7. The molecule has 0 unspecified atom stereocenters. The van der Waals surface area contributed by atoms with Crippen LogP contribution < -0.4 is 0 Å². The van der Waals surface area contributed by atoms with Gasteiger partial charge in [-0.25, -0.2) is 12.7 Å². The number of carbonyl (C=O) groups excluding carboxylic acids is 1. The second kappa shape index (κ2) is 6.22. The first-order chi connectivity index (χ1) is 10.4. The van der Waals surface area contributed by atoms with Crippen molar-refractivity contribution in [2.45, 2.75) is 23.0 Å². The highest BCUT2D eigenvalue weighted by Crippen LogP contribution is 2.37. The summed E-state index contributed by atoms with van der Waals surface area (Å²) >= 11 is 1.63. The lowest BCUT2D eigenvalue weighted by atomic mass is 10.1. The van der Waals surface area contributed by atoms with E-state index in [0.717, 1.165) is 6.42 Å². The molecule has 0 bridgehead atoms. The highest BCUT2D eigenvalue weighted by molar-refractivity contribution is 8.01. The first-order valence-electron chi connectivity index (χ1n) is 7.43. The van der Waals surface area contributed by atoms with Crippen molar-refractivity contribution in [3.05, 3.63) is 29.8 Å². The number of nitrogens with zero attached hydrogens (tertiary/aromatic N) is 2. The van der Waals surface area contributed by atoms with Crippen LogP contribution in [0.1, 0.15) is 12.0 Å². The number of fused-ring (bicyclic) bond motifs is 1. The number of sulfonamides is 1. The van der Waals surface area contributed by atoms with Crippen molar-refractivity contribution in [2.75, 3.05) is 32.4 Å². The number of hydrogen-bond donors (Lipinski definition) is 0. The lowest BCUT2D eigenvalue weighted by Crippen LogP contribution is -2.40. The van der Waals surface area contributed by atoms with Gasteiger partial charge < -0.3 is 4.90 Å². The van der Waals surface area contributed by atoms with Crippen LogP contribution in [0.2, 0.25) is 0 Å². The van der Waals surface area contributed by atoms with Gasteiger partial charge in [-0.3, -0.25) is 4.79 Å². The third-order valence-corrected chi connectivity index (χ3v) is 6.77. The summed E-state index contributed by atoms with van der Waals surface area (Å²) in [7, 11) is -3.17. The molecule has 120 valence electrons. The molecule has 1 amide bonds. The molecule has 0 radical (unpaired) electrons. The fourth-order valence-corrected chi connectivity index (χ4v) is 5.12. The SMILES string of the molecule is CS(=O)(=O)N1CCCN(C(=O)[C@@H]2Cc3ccccc3S2)CC1. The molecule has 5 nitrogen and oxygen atoms in total. The number of carbonyl (C=O) groups is 1. The van der Waals surface area contributed by atoms with Crippen LogP contribution in [0.4, 0.5) is 0 Å². The van der Waals surface area contributed by atoms with E-state index in [0.29, 0.717) is 32.6 Å². The summed E-state index contributed by atoms with van der Waals surface area (Å²) in [5.41, 5.74) is 1.23. The summed E-state index contributed by atoms with van der Waals surface area (Å²) in [6.45, 7) is 2.02. The second-order valence-electron chi connectivity index (χ2n) is 5.76. The van der Waals surface area contributed by atoms with Crippen LogP contribution in [0, 0.1) is 0 Å². The molecule has 1 fully saturated rings. The summed E-state index contributed by atoms with van der Waals surface area (Å²) in [6.07, 6.45) is 2.70. The molecule has 22 heavy (non-hydrogen) atoms. The molecular weight excluding hydrogens is 320 g/mol. The molecule has 1 aromatic rings. The van der Waals surface area contributed by atoms with Gasteiger partial charge in [0, 0.05) is 31.1 Å². The van der Waals surface area contributed by atoms with Gasteiger partial charge in [0.25, 0.3) is 0 Å². The zero-order chi connectivity index (χ0) is 15.7. The summed E-state index contributed by atoms with van der Waals surface area (Å²) < 4.78 is 24.7. The fourth-order valence-electron chi connectivity index (χ4n) is 2.97. The summed E-state index contributed by atoms with van der Waals surface area (Å²) in [5, 5.41) is -0.0674. The molecule has 1 saturated heterocycles. The zero-order valence-electron chi connectivity index (χ0n) is 12.6. The highest BCUT2D eigenvalue weighted by atomic mass is 32.2. The van der Waals surface area contributed by atoms with Crippen LogP contribution >= 0.6 is 11.8 Å². The number of rotatable bonds is 2. The van der Waals surface area contributed by atoms with Gasteiger partial charge in [0.05, 0.1) is 11.5 Å². The Bertz CT molecular complexity index is 650. The summed E-state index contributed by atoms with van der Waals surface area (Å²) in [5.74, 6) is 0.136. The minimum absolute atomic E-state index is 0.0674. The average molecular weight is 340 g/mol. The minimum atomic E-state index is -3.17. The molecule has 1 atom stereocenters. The predicted molar refractivity (Wildman–Crippen MR) is 87.4 cm³/mol. The van der Waals surface area contributed by atoms with Gasteiger partial charge in [-0.2, -0.15) is 0 Å². The van der Waals surface area contributed by atoms with Gasteiger partial charge in [-0.1, -0.05) is 18.2 Å². The van der Waals surface area contributed by atoms with Gasteiger partial charge in [-0.15, -0.1) is 11.8 Å². The lowest BCUT2D eigenvalue weighted by Gasteiger charge is -2.23. The van der Waals surface area contributed by atoms with Crippen LogP contribution in [-0.4, -0.2) is 61.2 Å². The number of benzene rings is 1. The van der Waals surface area contributed by atoms with Crippen molar-refractivity contribution in [1.29, 1.82) is 0 Å². The molecule has 0 N–H and O–H groups in total. The van der Waals surface area contributed by atoms with Gasteiger partial charge in [0.1, 0.15) is 0 Å². The first-order valence-corrected chi connectivity index (χ1v) is 10.2. The zero-order valence-corrected chi connectivity index (χ0v) is 14.2. The van der Waals surface area contributed by atoms with E-state index in [1.54, 1.807) is 11.8 Å². The van der Waals surface area contributed by atoms with Crippen LogP contribution in [0.15, 0.2) is 29.2 Å². The van der Waals surface area contributed by atoms with Gasteiger partial charge >= 0.3 is 0 Å². The van der Waals surface area contributed by atoms with Crippen molar-refractivity contribution in [3.63, 3.8) is 0 Å². The Balaban J connectivity index is 1.65. The molecule has 3 rings (SSSR count). The molecule has 2 aliphatic rings. The third kappa shape index (κ3) is 3.31. The number of amides is 1. The van der Waals surface area contributed by atoms with E-state index in [9.17, 15) is 13.2 Å². The van der Waals surface area contributed by atoms with Crippen molar-refractivity contribution in [1.82, 2.24) is 9.21 Å². The van der Waals surface area contributed by atoms with Gasteiger partial charge in [0.2, 0.25) is 15.9 Å². The van der Waals surface area contributed by atoms with E-state index in [1.807, 2.05) is 17.0 Å². The normalized spacial score (nSPS) is 23.1. The Hall–Kier alpha value is -1.05. The quantitative estimate of drug-likeness (QED) is 0.812. The van der Waals surface area contributed by atoms with Crippen LogP contribution in [0.25, 0.3) is 0 Å². The first kappa shape index (κ1) is 15.8. The highest BCUT2D eigenvalue weighted by Gasteiger charge is 2.32. The molecule has 2 aliphatic heterocycles. The van der Waals surface area contributed by atoms with E-state index in [1.165, 1.54) is 21.0 Å². The van der Waals surface area contributed by atoms with Crippen molar-refractivity contribution >= 4 is 27.7 Å². The monoisotopic (exact) mass is 340 g/mol. The number of thioether (sulfide) groups is 1. The Labute approximate surface area is 135 Å². The Kier molecular flexibility index (Phi) is 4.47. The van der Waals surface area contributed by atoms with E-state index in [4.69, 9.17) is 0 Å².